The number of halogens is 3. The number of nitro groups is 1. The van der Waals surface area contributed by atoms with Crippen LogP contribution in [0.15, 0.2) is 18.2 Å². The van der Waals surface area contributed by atoms with Crippen LogP contribution >= 0.6 is 0 Å². The summed E-state index contributed by atoms with van der Waals surface area (Å²) in [7, 11) is 1.34. The highest BCUT2D eigenvalue weighted by atomic mass is 19.4. The number of alkyl halides is 3. The number of piperidine rings is 2. The molecule has 0 N–H and O–H groups in total. The van der Waals surface area contributed by atoms with Gasteiger partial charge in [0.25, 0.3) is 5.69 Å². The fourth-order valence-electron chi connectivity index (χ4n) is 4.24. The summed E-state index contributed by atoms with van der Waals surface area (Å²) in [6.45, 7) is 1.62. The van der Waals surface area contributed by atoms with Crippen molar-refractivity contribution in [3.63, 3.8) is 0 Å². The molecule has 2 aliphatic rings. The molecule has 8 nitrogen and oxygen atoms in total. The van der Waals surface area contributed by atoms with Gasteiger partial charge in [0, 0.05) is 38.2 Å². The Kier molecular flexibility index (Phi) is 6.71. The Morgan fingerprint density at radius 3 is 2.16 bits per heavy atom. The van der Waals surface area contributed by atoms with Crippen LogP contribution in [0.1, 0.15) is 31.2 Å². The third-order valence-electron chi connectivity index (χ3n) is 6.03. The summed E-state index contributed by atoms with van der Waals surface area (Å²) < 4.78 is 43.5. The number of likely N-dealkylation sites (tertiary alicyclic amines) is 1. The number of benzene rings is 1. The average Bonchev–Trinajstić information content (AvgIpc) is 2.77. The minimum Gasteiger partial charge on any atom is -0.469 e. The third-order valence-corrected chi connectivity index (χ3v) is 6.03. The molecule has 2 fully saturated rings. The van der Waals surface area contributed by atoms with Gasteiger partial charge >= 0.3 is 12.1 Å². The third kappa shape index (κ3) is 5.08. The molecular formula is C20H24F3N3O5. The Morgan fingerprint density at radius 1 is 1.06 bits per heavy atom. The van der Waals surface area contributed by atoms with Crippen LogP contribution in [-0.2, 0) is 20.5 Å². The summed E-state index contributed by atoms with van der Waals surface area (Å²) in [5.41, 5.74) is -1.53. The van der Waals surface area contributed by atoms with Gasteiger partial charge in [-0.15, -0.1) is 0 Å². The number of nitro benzene ring substituents is 1. The van der Waals surface area contributed by atoms with Crippen molar-refractivity contribution >= 4 is 23.3 Å². The normalized spacial score (nSPS) is 18.7. The van der Waals surface area contributed by atoms with Crippen molar-refractivity contribution in [1.82, 2.24) is 4.90 Å². The molecule has 0 aliphatic carbocycles. The monoisotopic (exact) mass is 443 g/mol. The predicted octanol–water partition coefficient (Wildman–Crippen LogP) is 3.24. The van der Waals surface area contributed by atoms with Gasteiger partial charge < -0.3 is 14.5 Å². The first-order valence-electron chi connectivity index (χ1n) is 10.1. The number of ether oxygens (including phenoxy) is 1. The van der Waals surface area contributed by atoms with Crippen molar-refractivity contribution in [2.24, 2.45) is 11.8 Å². The van der Waals surface area contributed by atoms with E-state index in [2.05, 4.69) is 0 Å². The smallest absolute Gasteiger partial charge is 0.416 e. The Balaban J connectivity index is 1.61. The molecule has 1 aromatic carbocycles. The molecule has 0 radical (unpaired) electrons. The molecule has 2 aliphatic heterocycles. The van der Waals surface area contributed by atoms with E-state index in [4.69, 9.17) is 4.74 Å². The predicted molar refractivity (Wildman–Crippen MR) is 104 cm³/mol. The fourth-order valence-corrected chi connectivity index (χ4v) is 4.24. The molecule has 1 aromatic rings. The molecule has 2 heterocycles. The molecule has 170 valence electrons. The second-order valence-electron chi connectivity index (χ2n) is 7.84. The SMILES string of the molecule is COC(=O)C1CCN(C(=O)C2CCN(c3ccc(C(F)(F)F)cc3[N+](=O)[O-])CC2)CC1. The van der Waals surface area contributed by atoms with Gasteiger partial charge in [-0.3, -0.25) is 19.7 Å². The number of methoxy groups -OCH3 is 1. The van der Waals surface area contributed by atoms with E-state index in [1.165, 1.54) is 7.11 Å². The summed E-state index contributed by atoms with van der Waals surface area (Å²) in [4.78, 5) is 38.4. The number of amides is 1. The van der Waals surface area contributed by atoms with E-state index in [-0.39, 0.29) is 29.4 Å². The van der Waals surface area contributed by atoms with Gasteiger partial charge in [-0.05, 0) is 37.8 Å². The molecule has 2 saturated heterocycles. The van der Waals surface area contributed by atoms with Crippen LogP contribution in [0.5, 0.6) is 0 Å². The minimum absolute atomic E-state index is 0.00937. The molecule has 0 atom stereocenters. The fraction of sp³-hybridized carbons (Fsp3) is 0.600. The first-order valence-corrected chi connectivity index (χ1v) is 10.1. The lowest BCUT2D eigenvalue weighted by Gasteiger charge is -2.37. The Labute approximate surface area is 177 Å². The lowest BCUT2D eigenvalue weighted by atomic mass is 9.91. The zero-order chi connectivity index (χ0) is 22.8. The van der Waals surface area contributed by atoms with Crippen molar-refractivity contribution in [3.8, 4) is 0 Å². The zero-order valence-electron chi connectivity index (χ0n) is 17.1. The Hall–Kier alpha value is -2.85. The van der Waals surface area contributed by atoms with Gasteiger partial charge in [0.1, 0.15) is 5.69 Å². The highest BCUT2D eigenvalue weighted by molar-refractivity contribution is 5.80. The van der Waals surface area contributed by atoms with Crippen molar-refractivity contribution < 1.29 is 32.4 Å². The van der Waals surface area contributed by atoms with Crippen LogP contribution in [0.4, 0.5) is 24.5 Å². The number of hydrogen-bond acceptors (Lipinski definition) is 6. The number of nitrogens with zero attached hydrogens (tertiary/aromatic N) is 3. The van der Waals surface area contributed by atoms with Gasteiger partial charge in [-0.2, -0.15) is 13.2 Å². The van der Waals surface area contributed by atoms with Crippen LogP contribution < -0.4 is 4.90 Å². The first-order chi connectivity index (χ1) is 14.6. The summed E-state index contributed by atoms with van der Waals surface area (Å²) in [5.74, 6) is -0.723. The summed E-state index contributed by atoms with van der Waals surface area (Å²) in [5, 5.41) is 11.3. The number of hydrogen-bond donors (Lipinski definition) is 0. The lowest BCUT2D eigenvalue weighted by molar-refractivity contribution is -0.384. The molecule has 0 saturated carbocycles. The summed E-state index contributed by atoms with van der Waals surface area (Å²) in [6.07, 6.45) is -2.66. The lowest BCUT2D eigenvalue weighted by Crippen LogP contribution is -2.46. The summed E-state index contributed by atoms with van der Waals surface area (Å²) >= 11 is 0. The molecule has 0 bridgehead atoms. The van der Waals surface area contributed by atoms with Gasteiger partial charge in [-0.1, -0.05) is 0 Å². The maximum absolute atomic E-state index is 12.9. The van der Waals surface area contributed by atoms with Gasteiger partial charge in [0.2, 0.25) is 5.91 Å². The molecule has 0 aromatic heterocycles. The molecular weight excluding hydrogens is 419 g/mol. The second kappa shape index (κ2) is 9.11. The summed E-state index contributed by atoms with van der Waals surface area (Å²) in [6, 6.07) is 2.52. The van der Waals surface area contributed by atoms with E-state index in [0.717, 1.165) is 12.1 Å². The van der Waals surface area contributed by atoms with Crippen LogP contribution in [0.2, 0.25) is 0 Å². The van der Waals surface area contributed by atoms with Crippen LogP contribution in [-0.4, -0.2) is 55.0 Å². The first kappa shape index (κ1) is 22.8. The highest BCUT2D eigenvalue weighted by Crippen LogP contribution is 2.38. The van der Waals surface area contributed by atoms with Gasteiger partial charge in [0.15, 0.2) is 0 Å². The largest absolute Gasteiger partial charge is 0.469 e. The topological polar surface area (TPSA) is 93.0 Å². The van der Waals surface area contributed by atoms with Gasteiger partial charge in [0.05, 0.1) is 23.5 Å². The molecule has 0 unspecified atom stereocenters. The van der Waals surface area contributed by atoms with Gasteiger partial charge in [-0.25, -0.2) is 0 Å². The van der Waals surface area contributed by atoms with E-state index in [9.17, 15) is 32.9 Å². The van der Waals surface area contributed by atoms with E-state index in [0.29, 0.717) is 57.9 Å². The standard InChI is InChI=1S/C20H24F3N3O5/c1-31-19(28)14-6-10-25(11-7-14)18(27)13-4-8-24(9-5-13)16-3-2-15(20(21,22)23)12-17(16)26(29)30/h2-3,12-14H,4-11H2,1H3. The van der Waals surface area contributed by atoms with E-state index in [1.54, 1.807) is 9.80 Å². The van der Waals surface area contributed by atoms with Crippen molar-refractivity contribution in [3.05, 3.63) is 33.9 Å². The molecule has 11 heteroatoms. The number of carbonyl (C=O) groups is 2. The molecule has 1 amide bonds. The number of esters is 1. The average molecular weight is 443 g/mol. The number of rotatable bonds is 4. The Bertz CT molecular complexity index is 845. The van der Waals surface area contributed by atoms with E-state index >= 15 is 0 Å². The van der Waals surface area contributed by atoms with E-state index in [1.807, 2.05) is 0 Å². The van der Waals surface area contributed by atoms with Crippen LogP contribution in [0, 0.1) is 22.0 Å². The Morgan fingerprint density at radius 2 is 1.65 bits per heavy atom. The number of anilines is 1. The highest BCUT2D eigenvalue weighted by Gasteiger charge is 2.36. The van der Waals surface area contributed by atoms with Crippen molar-refractivity contribution in [2.45, 2.75) is 31.9 Å². The molecule has 0 spiro atoms. The molecule has 31 heavy (non-hydrogen) atoms. The quantitative estimate of drug-likeness (QED) is 0.403. The minimum atomic E-state index is -4.66. The van der Waals surface area contributed by atoms with E-state index < -0.39 is 22.4 Å². The maximum Gasteiger partial charge on any atom is 0.416 e. The second-order valence-corrected chi connectivity index (χ2v) is 7.84. The maximum atomic E-state index is 12.9. The zero-order valence-corrected chi connectivity index (χ0v) is 17.1. The van der Waals surface area contributed by atoms with Crippen molar-refractivity contribution in [1.29, 1.82) is 0 Å². The van der Waals surface area contributed by atoms with Crippen LogP contribution in [0.3, 0.4) is 0 Å². The molecule has 3 rings (SSSR count). The van der Waals surface area contributed by atoms with Crippen molar-refractivity contribution in [2.75, 3.05) is 38.2 Å². The number of carbonyl (C=O) groups excluding carboxylic acids is 2. The van der Waals surface area contributed by atoms with Crippen LogP contribution in [0.25, 0.3) is 0 Å².